The van der Waals surface area contributed by atoms with Crippen LogP contribution in [-0.4, -0.2) is 67.7 Å². The fourth-order valence-electron chi connectivity index (χ4n) is 1.95. The van der Waals surface area contributed by atoms with Gasteiger partial charge in [-0.25, -0.2) is 0 Å². The Bertz CT molecular complexity index is 289. The molecule has 0 rings (SSSR count). The highest BCUT2D eigenvalue weighted by molar-refractivity contribution is 5.73. The fourth-order valence-corrected chi connectivity index (χ4v) is 1.95. The van der Waals surface area contributed by atoms with Gasteiger partial charge < -0.3 is 20.4 Å². The number of carboxylic acids is 1. The zero-order valence-electron chi connectivity index (χ0n) is 12.4. The van der Waals surface area contributed by atoms with E-state index in [4.69, 9.17) is 5.11 Å². The molecule has 6 heteroatoms. The summed E-state index contributed by atoms with van der Waals surface area (Å²) >= 11 is 0. The van der Waals surface area contributed by atoms with E-state index in [0.717, 1.165) is 0 Å². The second-order valence-electron chi connectivity index (χ2n) is 5.87. The smallest absolute Gasteiger partial charge is 0.320 e. The quantitative estimate of drug-likeness (QED) is 0.525. The molecule has 19 heavy (non-hydrogen) atoms. The minimum Gasteiger partial charge on any atom is -0.480 e. The number of aliphatic hydroxyl groups excluding tert-OH is 3. The normalized spacial score (nSPS) is 19.0. The Morgan fingerprint density at radius 3 is 1.95 bits per heavy atom. The van der Waals surface area contributed by atoms with Crippen molar-refractivity contribution in [3.8, 4) is 0 Å². The molecule has 6 nitrogen and oxygen atoms in total. The minimum absolute atomic E-state index is 0.0187. The predicted octanol–water partition coefficient (Wildman–Crippen LogP) is 0.0527. The van der Waals surface area contributed by atoms with Gasteiger partial charge in [0.05, 0.1) is 12.2 Å². The minimum atomic E-state index is -1.28. The van der Waals surface area contributed by atoms with E-state index >= 15 is 0 Å². The van der Waals surface area contributed by atoms with Gasteiger partial charge in [-0.05, 0) is 34.1 Å². The van der Waals surface area contributed by atoms with Crippen molar-refractivity contribution < 1.29 is 25.2 Å². The highest BCUT2D eigenvalue weighted by Gasteiger charge is 2.34. The number of nitrogens with zero attached hydrogens (tertiary/aromatic N) is 1. The van der Waals surface area contributed by atoms with Gasteiger partial charge >= 0.3 is 5.97 Å². The van der Waals surface area contributed by atoms with Crippen molar-refractivity contribution >= 4 is 5.97 Å². The summed E-state index contributed by atoms with van der Waals surface area (Å²) in [5.74, 6) is -0.993. The highest BCUT2D eigenvalue weighted by atomic mass is 16.4. The number of aliphatic hydroxyl groups is 3. The maximum absolute atomic E-state index is 11.1. The molecular weight excluding hydrogens is 250 g/mol. The second kappa shape index (κ2) is 7.19. The van der Waals surface area contributed by atoms with Crippen molar-refractivity contribution in [2.45, 2.75) is 70.9 Å². The van der Waals surface area contributed by atoms with Gasteiger partial charge in [-0.2, -0.15) is 0 Å². The van der Waals surface area contributed by atoms with Crippen LogP contribution in [0.2, 0.25) is 0 Å². The van der Waals surface area contributed by atoms with Crippen molar-refractivity contribution in [1.82, 2.24) is 4.90 Å². The first-order valence-corrected chi connectivity index (χ1v) is 6.56. The van der Waals surface area contributed by atoms with Gasteiger partial charge in [-0.3, -0.25) is 9.69 Å². The third-order valence-corrected chi connectivity index (χ3v) is 3.28. The number of hydrogen-bond donors (Lipinski definition) is 4. The number of carboxylic acid groups (broad SMARTS) is 1. The van der Waals surface area contributed by atoms with Gasteiger partial charge in [0.2, 0.25) is 0 Å². The Hall–Kier alpha value is -0.690. The number of β-amino-alcohol motifs (C(OH)–C–C–N with tert-alkyl or cyclic N) is 1. The lowest BCUT2D eigenvalue weighted by Gasteiger charge is -2.40. The zero-order chi connectivity index (χ0) is 15.4. The number of carbonyl (C=O) groups is 1. The van der Waals surface area contributed by atoms with Crippen molar-refractivity contribution in [2.75, 3.05) is 6.54 Å². The van der Waals surface area contributed by atoms with Gasteiger partial charge in [0, 0.05) is 12.1 Å². The van der Waals surface area contributed by atoms with Crippen LogP contribution in [0.5, 0.6) is 0 Å². The Morgan fingerprint density at radius 2 is 1.63 bits per heavy atom. The number of rotatable bonds is 7. The molecule has 4 N–H and O–H groups in total. The lowest BCUT2D eigenvalue weighted by Crippen LogP contribution is -2.55. The molecule has 0 amide bonds. The van der Waals surface area contributed by atoms with Crippen LogP contribution in [0.1, 0.15) is 41.0 Å². The number of hydrogen-bond acceptors (Lipinski definition) is 5. The molecule has 0 aliphatic heterocycles. The first-order chi connectivity index (χ1) is 8.52. The molecule has 4 atom stereocenters. The fraction of sp³-hybridized carbons (Fsp3) is 0.923. The van der Waals surface area contributed by atoms with Crippen molar-refractivity contribution in [3.63, 3.8) is 0 Å². The molecule has 0 aliphatic rings. The molecule has 0 fully saturated rings. The second-order valence-corrected chi connectivity index (χ2v) is 5.87. The molecule has 0 aliphatic carbocycles. The van der Waals surface area contributed by atoms with E-state index in [0.29, 0.717) is 6.42 Å². The zero-order valence-corrected chi connectivity index (χ0v) is 12.4. The topological polar surface area (TPSA) is 101 Å². The predicted molar refractivity (Wildman–Crippen MR) is 71.9 cm³/mol. The summed E-state index contributed by atoms with van der Waals surface area (Å²) in [6, 6.07) is -0.791. The van der Waals surface area contributed by atoms with Crippen LogP contribution in [0.4, 0.5) is 0 Å². The van der Waals surface area contributed by atoms with E-state index in [9.17, 15) is 20.1 Å². The molecule has 0 saturated carbocycles. The van der Waals surface area contributed by atoms with E-state index in [1.807, 2.05) is 20.8 Å². The van der Waals surface area contributed by atoms with Crippen molar-refractivity contribution in [3.05, 3.63) is 0 Å². The van der Waals surface area contributed by atoms with Crippen LogP contribution in [-0.2, 0) is 4.79 Å². The van der Waals surface area contributed by atoms with Crippen LogP contribution in [0.3, 0.4) is 0 Å². The van der Waals surface area contributed by atoms with Crippen LogP contribution < -0.4 is 0 Å². The Kier molecular flexibility index (Phi) is 6.93. The van der Waals surface area contributed by atoms with Crippen LogP contribution in [0.15, 0.2) is 0 Å². The molecule has 0 saturated heterocycles. The third-order valence-electron chi connectivity index (χ3n) is 3.28. The lowest BCUT2D eigenvalue weighted by molar-refractivity contribution is -0.147. The Labute approximate surface area is 114 Å². The summed E-state index contributed by atoms with van der Waals surface area (Å²) in [5.41, 5.74) is -0.477. The molecule has 0 radical (unpaired) electrons. The average Bonchev–Trinajstić information content (AvgIpc) is 2.31. The molecule has 0 aromatic rings. The molecule has 0 bridgehead atoms. The average molecular weight is 277 g/mol. The first kappa shape index (κ1) is 18.3. The van der Waals surface area contributed by atoms with Gasteiger partial charge in [0.15, 0.2) is 0 Å². The highest BCUT2D eigenvalue weighted by Crippen LogP contribution is 2.19. The molecule has 0 aromatic heterocycles. The summed E-state index contributed by atoms with van der Waals surface area (Å²) in [7, 11) is 0. The van der Waals surface area contributed by atoms with Crippen LogP contribution >= 0.6 is 0 Å². The van der Waals surface area contributed by atoms with E-state index in [1.54, 1.807) is 11.8 Å². The summed E-state index contributed by atoms with van der Waals surface area (Å²) in [6.45, 7) is 8.71. The molecular formula is C13H27NO5. The maximum Gasteiger partial charge on any atom is 0.320 e. The summed E-state index contributed by atoms with van der Waals surface area (Å²) in [4.78, 5) is 12.7. The lowest BCUT2D eigenvalue weighted by atomic mass is 9.99. The van der Waals surface area contributed by atoms with Crippen molar-refractivity contribution in [2.24, 2.45) is 0 Å². The maximum atomic E-state index is 11.1. The van der Waals surface area contributed by atoms with Crippen LogP contribution in [0, 0.1) is 0 Å². The molecule has 0 spiro atoms. The third kappa shape index (κ3) is 5.44. The Morgan fingerprint density at radius 1 is 1.16 bits per heavy atom. The van der Waals surface area contributed by atoms with Gasteiger partial charge in [-0.15, -0.1) is 0 Å². The first-order valence-electron chi connectivity index (χ1n) is 6.56. The summed E-state index contributed by atoms with van der Waals surface area (Å²) in [5, 5.41) is 38.3. The summed E-state index contributed by atoms with van der Waals surface area (Å²) < 4.78 is 0. The van der Waals surface area contributed by atoms with E-state index in [1.165, 1.54) is 6.92 Å². The Balaban J connectivity index is 4.89. The molecule has 114 valence electrons. The monoisotopic (exact) mass is 277 g/mol. The molecule has 0 heterocycles. The number of aliphatic carboxylic acids is 1. The largest absolute Gasteiger partial charge is 0.480 e. The standard InChI is InChI=1S/C13H27NO5/c1-6-9(15)11(17)10(16)7-14(13(3,4)5)8(2)12(18)19/h8-11,15-17H,6-7H2,1-5H3,(H,18,19). The SMILES string of the molecule is CCC(O)C(O)C(O)CN(C(C)C(=O)O)C(C)(C)C. The van der Waals surface area contributed by atoms with Gasteiger partial charge in [-0.1, -0.05) is 6.92 Å². The molecule has 0 aromatic carbocycles. The van der Waals surface area contributed by atoms with Crippen molar-refractivity contribution in [1.29, 1.82) is 0 Å². The van der Waals surface area contributed by atoms with E-state index in [2.05, 4.69) is 0 Å². The molecule has 4 unspecified atom stereocenters. The van der Waals surface area contributed by atoms with E-state index in [-0.39, 0.29) is 6.54 Å². The van der Waals surface area contributed by atoms with Crippen LogP contribution in [0.25, 0.3) is 0 Å². The van der Waals surface area contributed by atoms with Gasteiger partial charge in [0.25, 0.3) is 0 Å². The van der Waals surface area contributed by atoms with Gasteiger partial charge in [0.1, 0.15) is 12.1 Å². The van der Waals surface area contributed by atoms with E-state index < -0.39 is 35.9 Å². The summed E-state index contributed by atoms with van der Waals surface area (Å²) in [6.07, 6.45) is -3.17.